The number of nitrogens with one attached hydrogen (secondary N) is 1. The first-order chi connectivity index (χ1) is 8.21. The summed E-state index contributed by atoms with van der Waals surface area (Å²) in [4.78, 5) is 12.0. The molecule has 1 aliphatic heterocycles. The van der Waals surface area contributed by atoms with Crippen LogP contribution in [0.3, 0.4) is 0 Å². The highest BCUT2D eigenvalue weighted by Gasteiger charge is 2.29. The Morgan fingerprint density at radius 3 is 2.11 bits per heavy atom. The van der Waals surface area contributed by atoms with Crippen molar-refractivity contribution in [1.82, 2.24) is 9.62 Å². The number of hydrogen-bond acceptors (Lipinski definition) is 3. The van der Waals surface area contributed by atoms with Gasteiger partial charge in [-0.1, -0.05) is 13.8 Å². The molecule has 0 unspecified atom stereocenters. The molecule has 1 amide bonds. The lowest BCUT2D eigenvalue weighted by molar-refractivity contribution is -0.127. The van der Waals surface area contributed by atoms with Crippen molar-refractivity contribution in [3.63, 3.8) is 0 Å². The van der Waals surface area contributed by atoms with Gasteiger partial charge in [-0.15, -0.1) is 0 Å². The molecule has 6 heteroatoms. The predicted molar refractivity (Wildman–Crippen MR) is 71.6 cm³/mol. The van der Waals surface area contributed by atoms with Crippen LogP contribution in [0.1, 0.15) is 33.6 Å². The molecule has 106 valence electrons. The van der Waals surface area contributed by atoms with Gasteiger partial charge in [0.15, 0.2) is 0 Å². The Morgan fingerprint density at radius 1 is 1.22 bits per heavy atom. The van der Waals surface area contributed by atoms with Gasteiger partial charge in [0, 0.05) is 25.0 Å². The zero-order valence-electron chi connectivity index (χ0n) is 11.6. The van der Waals surface area contributed by atoms with E-state index in [2.05, 4.69) is 19.2 Å². The van der Waals surface area contributed by atoms with Crippen LogP contribution in [0, 0.1) is 11.8 Å². The molecule has 0 bridgehead atoms. The third-order valence-electron chi connectivity index (χ3n) is 3.66. The molecule has 18 heavy (non-hydrogen) atoms. The van der Waals surface area contributed by atoms with E-state index in [9.17, 15) is 13.2 Å². The van der Waals surface area contributed by atoms with Crippen LogP contribution in [-0.2, 0) is 14.8 Å². The molecule has 0 aromatic heterocycles. The quantitative estimate of drug-likeness (QED) is 0.826. The Bertz CT molecular complexity index is 384. The Morgan fingerprint density at radius 2 is 1.72 bits per heavy atom. The minimum absolute atomic E-state index is 0.0517. The van der Waals surface area contributed by atoms with E-state index < -0.39 is 10.0 Å². The van der Waals surface area contributed by atoms with Crippen LogP contribution < -0.4 is 5.32 Å². The van der Waals surface area contributed by atoms with Crippen LogP contribution in [0.25, 0.3) is 0 Å². The molecular weight excluding hydrogens is 252 g/mol. The van der Waals surface area contributed by atoms with Gasteiger partial charge in [-0.2, -0.15) is 0 Å². The van der Waals surface area contributed by atoms with Crippen LogP contribution in [0.15, 0.2) is 0 Å². The van der Waals surface area contributed by atoms with Crippen molar-refractivity contribution in [2.45, 2.75) is 39.7 Å². The highest BCUT2D eigenvalue weighted by molar-refractivity contribution is 7.88. The maximum atomic E-state index is 12.0. The minimum Gasteiger partial charge on any atom is -0.353 e. The summed E-state index contributed by atoms with van der Waals surface area (Å²) in [5.74, 6) is 0.415. The molecule has 1 atom stereocenters. The van der Waals surface area contributed by atoms with Gasteiger partial charge in [0.1, 0.15) is 0 Å². The highest BCUT2D eigenvalue weighted by atomic mass is 32.2. The van der Waals surface area contributed by atoms with E-state index in [0.29, 0.717) is 31.8 Å². The number of rotatable bonds is 4. The van der Waals surface area contributed by atoms with E-state index in [1.165, 1.54) is 10.6 Å². The molecule has 0 saturated carbocycles. The second-order valence-corrected chi connectivity index (χ2v) is 7.46. The monoisotopic (exact) mass is 276 g/mol. The van der Waals surface area contributed by atoms with Crippen LogP contribution in [0.2, 0.25) is 0 Å². The first kappa shape index (κ1) is 15.4. The summed E-state index contributed by atoms with van der Waals surface area (Å²) in [6, 6.07) is 0.158. The molecule has 5 nitrogen and oxygen atoms in total. The van der Waals surface area contributed by atoms with Gasteiger partial charge in [-0.25, -0.2) is 12.7 Å². The van der Waals surface area contributed by atoms with Crippen molar-refractivity contribution in [2.75, 3.05) is 19.3 Å². The molecule has 0 aromatic rings. The molecule has 0 spiro atoms. The van der Waals surface area contributed by atoms with E-state index in [4.69, 9.17) is 0 Å². The molecular formula is C12H24N2O3S. The fourth-order valence-electron chi connectivity index (χ4n) is 1.96. The van der Waals surface area contributed by atoms with Crippen molar-refractivity contribution < 1.29 is 13.2 Å². The first-order valence-corrected chi connectivity index (χ1v) is 8.32. The lowest BCUT2D eigenvalue weighted by atomic mass is 9.96. The number of sulfonamides is 1. The number of carbonyl (C=O) groups is 1. The second-order valence-electron chi connectivity index (χ2n) is 5.48. The van der Waals surface area contributed by atoms with Gasteiger partial charge in [-0.05, 0) is 25.7 Å². The molecule has 1 saturated heterocycles. The third kappa shape index (κ3) is 4.24. The normalized spacial score (nSPS) is 20.9. The first-order valence-electron chi connectivity index (χ1n) is 6.47. The number of nitrogens with zero attached hydrogens (tertiary/aromatic N) is 1. The minimum atomic E-state index is -3.11. The summed E-state index contributed by atoms with van der Waals surface area (Å²) in [6.45, 7) is 7.03. The van der Waals surface area contributed by atoms with Crippen molar-refractivity contribution in [3.8, 4) is 0 Å². The molecule has 1 fully saturated rings. The molecule has 1 aliphatic rings. The zero-order chi connectivity index (χ0) is 13.9. The van der Waals surface area contributed by atoms with Gasteiger partial charge in [0.05, 0.1) is 6.26 Å². The van der Waals surface area contributed by atoms with E-state index in [1.54, 1.807) is 0 Å². The molecule has 0 aliphatic carbocycles. The summed E-state index contributed by atoms with van der Waals surface area (Å²) in [5.41, 5.74) is 0. The van der Waals surface area contributed by atoms with Crippen molar-refractivity contribution in [1.29, 1.82) is 0 Å². The lowest BCUT2D eigenvalue weighted by Gasteiger charge is -2.30. The number of amides is 1. The number of hydrogen-bond donors (Lipinski definition) is 1. The van der Waals surface area contributed by atoms with Crippen molar-refractivity contribution >= 4 is 15.9 Å². The lowest BCUT2D eigenvalue weighted by Crippen LogP contribution is -2.45. The summed E-state index contributed by atoms with van der Waals surface area (Å²) in [7, 11) is -3.11. The van der Waals surface area contributed by atoms with Gasteiger partial charge in [-0.3, -0.25) is 4.79 Å². The number of piperidine rings is 1. The topological polar surface area (TPSA) is 66.5 Å². The molecule has 0 aromatic carbocycles. The smallest absolute Gasteiger partial charge is 0.223 e. The summed E-state index contributed by atoms with van der Waals surface area (Å²) in [6.07, 6.45) is 2.45. The second kappa shape index (κ2) is 6.02. The molecule has 1 heterocycles. The molecule has 1 N–H and O–H groups in total. The highest BCUT2D eigenvalue weighted by Crippen LogP contribution is 2.19. The number of carbonyl (C=O) groups excluding carboxylic acids is 1. The zero-order valence-corrected chi connectivity index (χ0v) is 12.5. The Labute approximate surface area is 110 Å². The predicted octanol–water partition coefficient (Wildman–Crippen LogP) is 0.819. The van der Waals surface area contributed by atoms with Gasteiger partial charge in [0.2, 0.25) is 15.9 Å². The largest absolute Gasteiger partial charge is 0.353 e. The standard InChI is InChI=1S/C12H24N2O3S/c1-9(2)10(3)13-12(15)11-5-7-14(8-6-11)18(4,16)17/h9-11H,5-8H2,1-4H3,(H,13,15)/t10-/m0/s1. The summed E-state index contributed by atoms with van der Waals surface area (Å²) < 4.78 is 24.2. The SMILES string of the molecule is CC(C)[C@H](C)NC(=O)C1CCN(S(C)(=O)=O)CC1. The molecule has 0 radical (unpaired) electrons. The summed E-state index contributed by atoms with van der Waals surface area (Å²) >= 11 is 0. The van der Waals surface area contributed by atoms with E-state index in [1.807, 2.05) is 6.92 Å². The average Bonchev–Trinajstić information content (AvgIpc) is 2.27. The van der Waals surface area contributed by atoms with Gasteiger partial charge in [0.25, 0.3) is 0 Å². The van der Waals surface area contributed by atoms with Crippen LogP contribution in [0.5, 0.6) is 0 Å². The van der Waals surface area contributed by atoms with E-state index in [-0.39, 0.29) is 17.9 Å². The Hall–Kier alpha value is -0.620. The maximum absolute atomic E-state index is 12.0. The fourth-order valence-corrected chi connectivity index (χ4v) is 2.83. The van der Waals surface area contributed by atoms with Gasteiger partial charge < -0.3 is 5.32 Å². The van der Waals surface area contributed by atoms with Gasteiger partial charge >= 0.3 is 0 Å². The molecule has 1 rings (SSSR count). The summed E-state index contributed by atoms with van der Waals surface area (Å²) in [5, 5.41) is 3.00. The third-order valence-corrected chi connectivity index (χ3v) is 4.97. The van der Waals surface area contributed by atoms with E-state index >= 15 is 0 Å². The van der Waals surface area contributed by atoms with Crippen LogP contribution in [0.4, 0.5) is 0 Å². The Kier molecular flexibility index (Phi) is 5.16. The Balaban J connectivity index is 2.46. The van der Waals surface area contributed by atoms with Crippen molar-refractivity contribution in [2.24, 2.45) is 11.8 Å². The maximum Gasteiger partial charge on any atom is 0.223 e. The van der Waals surface area contributed by atoms with E-state index in [0.717, 1.165) is 0 Å². The van der Waals surface area contributed by atoms with Crippen LogP contribution >= 0.6 is 0 Å². The van der Waals surface area contributed by atoms with Crippen molar-refractivity contribution in [3.05, 3.63) is 0 Å². The average molecular weight is 276 g/mol. The fraction of sp³-hybridized carbons (Fsp3) is 0.917. The van der Waals surface area contributed by atoms with Crippen LogP contribution in [-0.4, -0.2) is 44.0 Å².